The summed E-state index contributed by atoms with van der Waals surface area (Å²) in [4.78, 5) is 20.4. The molecule has 0 unspecified atom stereocenters. The highest BCUT2D eigenvalue weighted by Crippen LogP contribution is 1.96. The average Bonchev–Trinajstić information content (AvgIpc) is 2.03. The second-order valence-electron chi connectivity index (χ2n) is 2.43. The van der Waals surface area contributed by atoms with Gasteiger partial charge < -0.3 is 16.2 Å². The second-order valence-corrected chi connectivity index (χ2v) is 2.43. The Hall–Kier alpha value is -1.37. The van der Waals surface area contributed by atoms with Crippen LogP contribution in [-0.4, -0.2) is 29.7 Å². The summed E-state index contributed by atoms with van der Waals surface area (Å²) < 4.78 is 11.8. The zero-order valence-electron chi connectivity index (χ0n) is 6.92. The predicted octanol–water partition coefficient (Wildman–Crippen LogP) is -0.638. The van der Waals surface area contributed by atoms with Crippen molar-refractivity contribution in [3.8, 4) is 0 Å². The monoisotopic (exact) mass is 193 g/mol. The highest BCUT2D eigenvalue weighted by Gasteiger charge is 2.15. The lowest BCUT2D eigenvalue weighted by Crippen LogP contribution is -2.34. The minimum absolute atomic E-state index is 0.0894. The van der Waals surface area contributed by atoms with Gasteiger partial charge in [-0.05, 0) is 12.8 Å². The smallest absolute Gasteiger partial charge is 0.323 e. The van der Waals surface area contributed by atoms with E-state index in [0.29, 0.717) is 6.42 Å². The molecule has 5 N–H and O–H groups in total. The lowest BCUT2D eigenvalue weighted by atomic mass is 10.2. The van der Waals surface area contributed by atoms with Crippen molar-refractivity contribution in [2.24, 2.45) is 5.73 Å². The molecule has 0 aliphatic heterocycles. The summed E-state index contributed by atoms with van der Waals surface area (Å²) in [5, 5.41) is 10.6. The van der Waals surface area contributed by atoms with Gasteiger partial charge in [0, 0.05) is 6.54 Å². The summed E-state index contributed by atoms with van der Waals surface area (Å²) in [5.41, 5.74) is 5.89. The fourth-order valence-corrected chi connectivity index (χ4v) is 0.742. The number of primary amides is 1. The Kier molecular flexibility index (Phi) is 5.53. The van der Waals surface area contributed by atoms with Crippen LogP contribution < -0.4 is 16.6 Å². The number of urea groups is 1. The first kappa shape index (κ1) is 11.6. The molecule has 0 saturated carbocycles. The van der Waals surface area contributed by atoms with E-state index in [1.165, 1.54) is 0 Å². The van der Waals surface area contributed by atoms with E-state index in [1.54, 1.807) is 0 Å². The van der Waals surface area contributed by atoms with Crippen molar-refractivity contribution in [2.75, 3.05) is 6.54 Å². The molecule has 0 aliphatic rings. The van der Waals surface area contributed by atoms with Crippen LogP contribution in [0.1, 0.15) is 12.8 Å². The number of carboxylic acid groups (broad SMARTS) is 1. The van der Waals surface area contributed by atoms with E-state index in [0.717, 1.165) is 5.54 Å². The number of carboxylic acids is 1. The van der Waals surface area contributed by atoms with Crippen LogP contribution in [0.4, 0.5) is 9.28 Å². The van der Waals surface area contributed by atoms with E-state index in [9.17, 15) is 14.1 Å². The molecule has 2 amide bonds. The van der Waals surface area contributed by atoms with E-state index in [1.807, 2.05) is 0 Å². The Morgan fingerprint density at radius 1 is 1.54 bits per heavy atom. The summed E-state index contributed by atoms with van der Waals surface area (Å²) in [6, 6.07) is -1.91. The van der Waals surface area contributed by atoms with Crippen LogP contribution in [-0.2, 0) is 4.79 Å². The Bertz CT molecular complexity index is 188. The molecule has 0 aliphatic carbocycles. The molecule has 0 heterocycles. The number of amides is 2. The SMILES string of the molecule is NC(=O)NCCC[C@H](NF)C(=O)O. The van der Waals surface area contributed by atoms with Gasteiger partial charge in [-0.2, -0.15) is 0 Å². The number of hydrogen-bond acceptors (Lipinski definition) is 3. The van der Waals surface area contributed by atoms with Crippen molar-refractivity contribution in [3.63, 3.8) is 0 Å². The third kappa shape index (κ3) is 5.85. The maximum Gasteiger partial charge on any atom is 0.323 e. The van der Waals surface area contributed by atoms with Gasteiger partial charge in [0.15, 0.2) is 0 Å². The van der Waals surface area contributed by atoms with Crippen molar-refractivity contribution >= 4 is 12.0 Å². The largest absolute Gasteiger partial charge is 0.480 e. The van der Waals surface area contributed by atoms with Crippen molar-refractivity contribution < 1.29 is 19.2 Å². The van der Waals surface area contributed by atoms with E-state index in [2.05, 4.69) is 5.32 Å². The zero-order chi connectivity index (χ0) is 10.3. The molecule has 13 heavy (non-hydrogen) atoms. The summed E-state index contributed by atoms with van der Waals surface area (Å²) in [6.07, 6.45) is 0.433. The number of carbonyl (C=O) groups is 2. The topological polar surface area (TPSA) is 104 Å². The second kappa shape index (κ2) is 6.18. The minimum Gasteiger partial charge on any atom is -0.480 e. The van der Waals surface area contributed by atoms with E-state index < -0.39 is 18.0 Å². The minimum atomic E-state index is -1.26. The fourth-order valence-electron chi connectivity index (χ4n) is 0.742. The quantitative estimate of drug-likeness (QED) is 0.332. The van der Waals surface area contributed by atoms with Crippen LogP contribution in [0.5, 0.6) is 0 Å². The van der Waals surface area contributed by atoms with E-state index >= 15 is 0 Å². The standard InChI is InChI=1S/C6H12FN3O3/c7-10-4(5(11)12)2-1-3-9-6(8)13/h4,10H,1-3H2,(H,11,12)(H3,8,9,13)/t4-/m0/s1. The van der Waals surface area contributed by atoms with Gasteiger partial charge in [-0.25, -0.2) is 4.79 Å². The predicted molar refractivity (Wildman–Crippen MR) is 42.5 cm³/mol. The summed E-state index contributed by atoms with van der Waals surface area (Å²) >= 11 is 0. The van der Waals surface area contributed by atoms with Crippen LogP contribution in [0.25, 0.3) is 0 Å². The first-order valence-electron chi connectivity index (χ1n) is 3.70. The molecule has 1 atom stereocenters. The lowest BCUT2D eigenvalue weighted by Gasteiger charge is -2.07. The number of aliphatic carboxylic acids is 1. The molecule has 0 bridgehead atoms. The normalized spacial score (nSPS) is 12.1. The highest BCUT2D eigenvalue weighted by molar-refractivity contribution is 5.73. The van der Waals surface area contributed by atoms with Gasteiger partial charge in [-0.1, -0.05) is 0 Å². The third-order valence-electron chi connectivity index (χ3n) is 1.40. The molecule has 0 spiro atoms. The molecule has 6 nitrogen and oxygen atoms in total. The van der Waals surface area contributed by atoms with Gasteiger partial charge in [0.25, 0.3) is 0 Å². The molecule has 76 valence electrons. The molecule has 7 heteroatoms. The highest BCUT2D eigenvalue weighted by atomic mass is 19.2. The third-order valence-corrected chi connectivity index (χ3v) is 1.40. The van der Waals surface area contributed by atoms with Crippen LogP contribution in [0, 0.1) is 0 Å². The maximum atomic E-state index is 11.8. The molecule has 0 rings (SSSR count). The van der Waals surface area contributed by atoms with Crippen LogP contribution in [0.2, 0.25) is 0 Å². The van der Waals surface area contributed by atoms with E-state index in [4.69, 9.17) is 10.8 Å². The molecular weight excluding hydrogens is 181 g/mol. The fraction of sp³-hybridized carbons (Fsp3) is 0.667. The lowest BCUT2D eigenvalue weighted by molar-refractivity contribution is -0.141. The van der Waals surface area contributed by atoms with Gasteiger partial charge in [0.2, 0.25) is 0 Å². The molecule has 0 fully saturated rings. The Morgan fingerprint density at radius 2 is 2.15 bits per heavy atom. The first-order valence-corrected chi connectivity index (χ1v) is 3.70. The van der Waals surface area contributed by atoms with Gasteiger partial charge in [-0.3, -0.25) is 4.79 Å². The molecule has 0 radical (unpaired) electrons. The Balaban J connectivity index is 3.50. The Morgan fingerprint density at radius 3 is 2.54 bits per heavy atom. The van der Waals surface area contributed by atoms with Crippen LogP contribution >= 0.6 is 0 Å². The van der Waals surface area contributed by atoms with Gasteiger partial charge in [0.05, 0.1) is 0 Å². The van der Waals surface area contributed by atoms with Crippen molar-refractivity contribution in [1.82, 2.24) is 10.9 Å². The molecular formula is C6H12FN3O3. The van der Waals surface area contributed by atoms with Crippen LogP contribution in [0.3, 0.4) is 0 Å². The maximum absolute atomic E-state index is 11.8. The summed E-state index contributed by atoms with van der Waals surface area (Å²) in [7, 11) is 0. The number of halogens is 1. The summed E-state index contributed by atoms with van der Waals surface area (Å²) in [5.74, 6) is -1.26. The molecule has 0 aromatic heterocycles. The van der Waals surface area contributed by atoms with Gasteiger partial charge >= 0.3 is 12.0 Å². The number of carbonyl (C=O) groups excluding carboxylic acids is 1. The molecule has 0 aromatic carbocycles. The van der Waals surface area contributed by atoms with Crippen LogP contribution in [0.15, 0.2) is 0 Å². The number of hydrogen-bond donors (Lipinski definition) is 4. The summed E-state index contributed by atoms with van der Waals surface area (Å²) in [6.45, 7) is 0.237. The zero-order valence-corrected chi connectivity index (χ0v) is 6.92. The number of nitrogens with one attached hydrogen (secondary N) is 2. The molecule has 0 aromatic rings. The van der Waals surface area contributed by atoms with Crippen molar-refractivity contribution in [2.45, 2.75) is 18.9 Å². The van der Waals surface area contributed by atoms with E-state index in [-0.39, 0.29) is 13.0 Å². The van der Waals surface area contributed by atoms with Crippen molar-refractivity contribution in [1.29, 1.82) is 0 Å². The van der Waals surface area contributed by atoms with Crippen molar-refractivity contribution in [3.05, 3.63) is 0 Å². The van der Waals surface area contributed by atoms with Gasteiger partial charge in [-0.15, -0.1) is 10.0 Å². The average molecular weight is 193 g/mol. The number of rotatable bonds is 6. The Labute approximate surface area is 74.2 Å². The molecule has 0 saturated heterocycles. The first-order chi connectivity index (χ1) is 6.07. The number of nitrogens with two attached hydrogens (primary N) is 1. The van der Waals surface area contributed by atoms with Gasteiger partial charge in [0.1, 0.15) is 6.04 Å².